The van der Waals surface area contributed by atoms with Gasteiger partial charge in [0.25, 0.3) is 0 Å². The van der Waals surface area contributed by atoms with E-state index in [1.807, 2.05) is 11.4 Å². The summed E-state index contributed by atoms with van der Waals surface area (Å²) in [5.74, 6) is -0.598. The molecule has 1 aromatic heterocycles. The first kappa shape index (κ1) is 16.0. The predicted molar refractivity (Wildman–Crippen MR) is 67.0 cm³/mol. The average Bonchev–Trinajstić information content (AvgIpc) is 2.26. The number of esters is 1. The fourth-order valence-corrected chi connectivity index (χ4v) is 3.73. The van der Waals surface area contributed by atoms with Gasteiger partial charge in [-0.15, -0.1) is 0 Å². The van der Waals surface area contributed by atoms with Crippen LogP contribution in [-0.4, -0.2) is 32.2 Å². The third-order valence-corrected chi connectivity index (χ3v) is 4.85. The van der Waals surface area contributed by atoms with Crippen molar-refractivity contribution in [3.63, 3.8) is 0 Å². The van der Waals surface area contributed by atoms with Crippen molar-refractivity contribution in [2.75, 3.05) is 6.61 Å². The SMILES string of the molecule is CCOC(=O)c1c(C)cc(C(F)(F)F)nc1[As](C)C. The zero-order valence-corrected chi connectivity index (χ0v) is 13.0. The van der Waals surface area contributed by atoms with Crippen LogP contribution in [0, 0.1) is 6.92 Å². The molecule has 0 bridgehead atoms. The van der Waals surface area contributed by atoms with Crippen molar-refractivity contribution in [3.05, 3.63) is 22.9 Å². The van der Waals surface area contributed by atoms with E-state index >= 15 is 0 Å². The van der Waals surface area contributed by atoms with Crippen molar-refractivity contribution < 1.29 is 22.7 Å². The number of carbonyl (C=O) groups excluding carboxylic acids is 1. The second-order valence-electron chi connectivity index (χ2n) is 4.14. The second-order valence-corrected chi connectivity index (χ2v) is 8.78. The van der Waals surface area contributed by atoms with Crippen LogP contribution in [0.1, 0.15) is 28.5 Å². The summed E-state index contributed by atoms with van der Waals surface area (Å²) in [5, 5.41) is 0. The Hall–Kier alpha value is -1.03. The molecule has 0 amide bonds. The monoisotopic (exact) mass is 337 g/mol. The van der Waals surface area contributed by atoms with Crippen LogP contribution in [0.4, 0.5) is 13.2 Å². The minimum atomic E-state index is -4.50. The summed E-state index contributed by atoms with van der Waals surface area (Å²) in [4.78, 5) is 15.5. The second kappa shape index (κ2) is 5.95. The maximum absolute atomic E-state index is 12.7. The normalized spacial score (nSPS) is 11.8. The Morgan fingerprint density at radius 2 is 2.00 bits per heavy atom. The molecule has 1 aromatic rings. The van der Waals surface area contributed by atoms with Crippen LogP contribution in [0.15, 0.2) is 6.07 Å². The van der Waals surface area contributed by atoms with Crippen LogP contribution in [-0.2, 0) is 10.9 Å². The van der Waals surface area contributed by atoms with E-state index in [0.717, 1.165) is 6.07 Å². The molecule has 0 atom stereocenters. The number of pyridine rings is 1. The van der Waals surface area contributed by atoms with Gasteiger partial charge in [0.15, 0.2) is 0 Å². The van der Waals surface area contributed by atoms with Crippen molar-refractivity contribution in [2.45, 2.75) is 31.4 Å². The molecule has 0 radical (unpaired) electrons. The number of aryl methyl sites for hydroxylation is 1. The van der Waals surface area contributed by atoms with Crippen molar-refractivity contribution in [1.29, 1.82) is 0 Å². The van der Waals surface area contributed by atoms with Gasteiger partial charge >= 0.3 is 114 Å². The number of alkyl halides is 3. The predicted octanol–water partition coefficient (Wildman–Crippen LogP) is 2.55. The third kappa shape index (κ3) is 3.72. The molecule has 0 fully saturated rings. The van der Waals surface area contributed by atoms with Crippen LogP contribution >= 0.6 is 0 Å². The molecule has 106 valence electrons. The van der Waals surface area contributed by atoms with E-state index in [-0.39, 0.29) is 22.2 Å². The molecule has 19 heavy (non-hydrogen) atoms. The number of ether oxygens (including phenoxy) is 1. The Labute approximate surface area is 114 Å². The maximum atomic E-state index is 12.7. The van der Waals surface area contributed by atoms with Crippen LogP contribution in [0.5, 0.6) is 0 Å². The first-order chi connectivity index (χ1) is 8.68. The zero-order valence-electron chi connectivity index (χ0n) is 11.1. The fourth-order valence-electron chi connectivity index (χ4n) is 1.58. The van der Waals surface area contributed by atoms with Crippen molar-refractivity contribution in [1.82, 2.24) is 4.98 Å². The molecule has 0 N–H and O–H groups in total. The summed E-state index contributed by atoms with van der Waals surface area (Å²) in [7, 11) is 0. The molecule has 1 rings (SSSR count). The quantitative estimate of drug-likeness (QED) is 0.629. The van der Waals surface area contributed by atoms with E-state index in [9.17, 15) is 18.0 Å². The van der Waals surface area contributed by atoms with Gasteiger partial charge in [-0.3, -0.25) is 0 Å². The van der Waals surface area contributed by atoms with Gasteiger partial charge in [-0.2, -0.15) is 0 Å². The van der Waals surface area contributed by atoms with E-state index in [0.29, 0.717) is 0 Å². The first-order valence-electron chi connectivity index (χ1n) is 5.61. The van der Waals surface area contributed by atoms with Crippen LogP contribution < -0.4 is 4.48 Å². The van der Waals surface area contributed by atoms with Gasteiger partial charge in [-0.05, 0) is 0 Å². The first-order valence-corrected chi connectivity index (χ1v) is 10.3. The van der Waals surface area contributed by atoms with Gasteiger partial charge in [0.1, 0.15) is 0 Å². The molecule has 0 spiro atoms. The molecule has 7 heteroatoms. The topological polar surface area (TPSA) is 39.2 Å². The van der Waals surface area contributed by atoms with Crippen molar-refractivity contribution in [3.8, 4) is 0 Å². The Morgan fingerprint density at radius 1 is 1.42 bits per heavy atom. The Balaban J connectivity index is 3.44. The van der Waals surface area contributed by atoms with E-state index in [4.69, 9.17) is 4.74 Å². The van der Waals surface area contributed by atoms with E-state index < -0.39 is 32.5 Å². The molecule has 1 heterocycles. The Kier molecular flexibility index (Phi) is 5.02. The van der Waals surface area contributed by atoms with Gasteiger partial charge in [0.2, 0.25) is 0 Å². The summed E-state index contributed by atoms with van der Waals surface area (Å²) >= 11 is -1.76. The van der Waals surface area contributed by atoms with Gasteiger partial charge in [0, 0.05) is 0 Å². The van der Waals surface area contributed by atoms with Crippen LogP contribution in [0.2, 0.25) is 11.4 Å². The number of halogens is 3. The van der Waals surface area contributed by atoms with Gasteiger partial charge < -0.3 is 0 Å². The summed E-state index contributed by atoms with van der Waals surface area (Å²) in [6.45, 7) is 3.31. The number of hydrogen-bond acceptors (Lipinski definition) is 3. The van der Waals surface area contributed by atoms with Crippen LogP contribution in [0.3, 0.4) is 0 Å². The molecular weight excluding hydrogens is 322 g/mol. The molecule has 0 aromatic carbocycles. The molecule has 3 nitrogen and oxygen atoms in total. The third-order valence-electron chi connectivity index (χ3n) is 2.39. The standard InChI is InChI=1S/C12H15AsF3NO2/c1-5-19-11(18)9-7(2)6-8(12(14,15)16)17-10(9)13(3)4/h6H,5H2,1-4H3. The molecule has 0 saturated heterocycles. The molecule has 0 saturated carbocycles. The zero-order chi connectivity index (χ0) is 14.8. The molecule has 0 unspecified atom stereocenters. The van der Waals surface area contributed by atoms with E-state index in [2.05, 4.69) is 4.98 Å². The molecular formula is C12H15AsF3NO2. The van der Waals surface area contributed by atoms with Crippen molar-refractivity contribution in [2.24, 2.45) is 0 Å². The van der Waals surface area contributed by atoms with E-state index in [1.165, 1.54) is 6.92 Å². The summed E-state index contributed by atoms with van der Waals surface area (Å²) in [6.07, 6.45) is -4.50. The summed E-state index contributed by atoms with van der Waals surface area (Å²) < 4.78 is 43.3. The number of aromatic nitrogens is 1. The van der Waals surface area contributed by atoms with Crippen LogP contribution in [0.25, 0.3) is 0 Å². The minimum absolute atomic E-state index is 0.180. The molecule has 0 aliphatic heterocycles. The fraction of sp³-hybridized carbons (Fsp3) is 0.500. The van der Waals surface area contributed by atoms with E-state index in [1.54, 1.807) is 6.92 Å². The molecule has 0 aliphatic rings. The number of nitrogens with zero attached hydrogens (tertiary/aromatic N) is 1. The molecule has 0 aliphatic carbocycles. The Bertz CT molecular complexity index is 487. The van der Waals surface area contributed by atoms with Gasteiger partial charge in [-0.1, -0.05) is 0 Å². The summed E-state index contributed by atoms with van der Waals surface area (Å²) in [6, 6.07) is 0.896. The Morgan fingerprint density at radius 3 is 2.42 bits per heavy atom. The van der Waals surface area contributed by atoms with Gasteiger partial charge in [-0.25, -0.2) is 0 Å². The van der Waals surface area contributed by atoms with Crippen molar-refractivity contribution >= 4 is 25.1 Å². The average molecular weight is 337 g/mol. The number of carbonyl (C=O) groups is 1. The van der Waals surface area contributed by atoms with Gasteiger partial charge in [0.05, 0.1) is 0 Å². The number of rotatable bonds is 3. The summed E-state index contributed by atoms with van der Waals surface area (Å²) in [5.41, 5.74) is 3.17. The number of hydrogen-bond donors (Lipinski definition) is 0.